The summed E-state index contributed by atoms with van der Waals surface area (Å²) >= 11 is 0. The van der Waals surface area contributed by atoms with Crippen LogP contribution < -0.4 is 15.4 Å². The first-order valence-corrected chi connectivity index (χ1v) is 10.6. The number of methoxy groups -OCH3 is 1. The van der Waals surface area contributed by atoms with Crippen LogP contribution in [0.1, 0.15) is 42.3 Å². The molecular formula is C24H34N4O2. The van der Waals surface area contributed by atoms with Gasteiger partial charge in [-0.3, -0.25) is 4.79 Å². The topological polar surface area (TPSA) is 66.0 Å². The van der Waals surface area contributed by atoms with Crippen molar-refractivity contribution < 1.29 is 9.53 Å². The fraction of sp³-hybridized carbons (Fsp3) is 0.417. The van der Waals surface area contributed by atoms with Gasteiger partial charge in [0.2, 0.25) is 0 Å². The Balaban J connectivity index is 1.94. The largest absolute Gasteiger partial charge is 0.496 e. The molecule has 0 aliphatic carbocycles. The Morgan fingerprint density at radius 3 is 2.33 bits per heavy atom. The molecular weight excluding hydrogens is 376 g/mol. The zero-order valence-corrected chi connectivity index (χ0v) is 18.6. The maximum atomic E-state index is 12.4. The van der Waals surface area contributed by atoms with E-state index in [-0.39, 0.29) is 5.91 Å². The molecule has 0 aliphatic heterocycles. The molecule has 0 saturated heterocycles. The zero-order chi connectivity index (χ0) is 21.8. The maximum absolute atomic E-state index is 12.4. The molecule has 0 radical (unpaired) electrons. The highest BCUT2D eigenvalue weighted by atomic mass is 16.5. The van der Waals surface area contributed by atoms with Crippen molar-refractivity contribution in [3.63, 3.8) is 0 Å². The molecule has 0 fully saturated rings. The third kappa shape index (κ3) is 6.79. The SMILES string of the molecule is CCNC(=NCc1ccc(C(=O)N(CC)CC)cc1)NCCc1ccccc1OC. The Bertz CT molecular complexity index is 814. The molecule has 0 bridgehead atoms. The predicted octanol–water partition coefficient (Wildman–Crippen LogP) is 3.48. The number of hydrogen-bond acceptors (Lipinski definition) is 3. The van der Waals surface area contributed by atoms with E-state index in [4.69, 9.17) is 4.74 Å². The van der Waals surface area contributed by atoms with Crippen LogP contribution in [0.3, 0.4) is 0 Å². The highest BCUT2D eigenvalue weighted by Gasteiger charge is 2.11. The highest BCUT2D eigenvalue weighted by Crippen LogP contribution is 2.17. The van der Waals surface area contributed by atoms with Crippen molar-refractivity contribution >= 4 is 11.9 Å². The van der Waals surface area contributed by atoms with E-state index in [0.717, 1.165) is 42.3 Å². The van der Waals surface area contributed by atoms with Gasteiger partial charge in [0.25, 0.3) is 5.91 Å². The Labute approximate surface area is 180 Å². The molecule has 6 heteroatoms. The van der Waals surface area contributed by atoms with Gasteiger partial charge in [0, 0.05) is 31.7 Å². The number of hydrogen-bond donors (Lipinski definition) is 2. The molecule has 0 heterocycles. The summed E-state index contributed by atoms with van der Waals surface area (Å²) < 4.78 is 5.41. The second-order valence-electron chi connectivity index (χ2n) is 6.86. The number of rotatable bonds is 10. The number of amides is 1. The summed E-state index contributed by atoms with van der Waals surface area (Å²) in [6, 6.07) is 15.8. The Kier molecular flexibility index (Phi) is 9.71. The van der Waals surface area contributed by atoms with Crippen LogP contribution >= 0.6 is 0 Å². The molecule has 2 N–H and O–H groups in total. The average molecular weight is 411 g/mol. The van der Waals surface area contributed by atoms with Gasteiger partial charge in [-0.15, -0.1) is 0 Å². The second kappa shape index (κ2) is 12.5. The quantitative estimate of drug-likeness (QED) is 0.465. The fourth-order valence-corrected chi connectivity index (χ4v) is 3.18. The molecule has 2 rings (SSSR count). The third-order valence-corrected chi connectivity index (χ3v) is 4.89. The van der Waals surface area contributed by atoms with Gasteiger partial charge in [0.1, 0.15) is 5.75 Å². The average Bonchev–Trinajstić information content (AvgIpc) is 2.78. The first-order chi connectivity index (χ1) is 14.6. The molecule has 0 aliphatic rings. The number of carbonyl (C=O) groups excluding carboxylic acids is 1. The number of aliphatic imine (C=N–C) groups is 1. The first-order valence-electron chi connectivity index (χ1n) is 10.6. The van der Waals surface area contributed by atoms with Gasteiger partial charge in [0.15, 0.2) is 5.96 Å². The van der Waals surface area contributed by atoms with E-state index in [2.05, 4.69) is 21.7 Å². The lowest BCUT2D eigenvalue weighted by atomic mass is 10.1. The number of nitrogens with zero attached hydrogens (tertiary/aromatic N) is 2. The van der Waals surface area contributed by atoms with Gasteiger partial charge < -0.3 is 20.3 Å². The first kappa shape index (κ1) is 23.3. The van der Waals surface area contributed by atoms with Crippen LogP contribution in [0.25, 0.3) is 0 Å². The van der Waals surface area contributed by atoms with Crippen LogP contribution in [0.4, 0.5) is 0 Å². The molecule has 0 saturated carbocycles. The van der Waals surface area contributed by atoms with Crippen molar-refractivity contribution in [3.8, 4) is 5.75 Å². The smallest absolute Gasteiger partial charge is 0.253 e. The van der Waals surface area contributed by atoms with Gasteiger partial charge in [-0.05, 0) is 56.5 Å². The molecule has 1 amide bonds. The molecule has 0 atom stereocenters. The van der Waals surface area contributed by atoms with Crippen LogP contribution in [0.15, 0.2) is 53.5 Å². The molecule has 30 heavy (non-hydrogen) atoms. The van der Waals surface area contributed by atoms with Crippen LogP contribution in [0.2, 0.25) is 0 Å². The van der Waals surface area contributed by atoms with E-state index in [1.165, 1.54) is 0 Å². The minimum atomic E-state index is 0.0707. The minimum absolute atomic E-state index is 0.0707. The van der Waals surface area contributed by atoms with Crippen molar-refractivity contribution in [2.24, 2.45) is 4.99 Å². The van der Waals surface area contributed by atoms with Gasteiger partial charge in [-0.25, -0.2) is 4.99 Å². The standard InChI is InChI=1S/C24H34N4O2/c1-5-25-24(26-17-16-20-10-8-9-11-22(20)30-4)27-18-19-12-14-21(15-13-19)23(29)28(6-2)7-3/h8-15H,5-7,16-18H2,1-4H3,(H2,25,26,27). The fourth-order valence-electron chi connectivity index (χ4n) is 3.18. The zero-order valence-electron chi connectivity index (χ0n) is 18.6. The Hall–Kier alpha value is -3.02. The van der Waals surface area contributed by atoms with E-state index in [1.54, 1.807) is 7.11 Å². The summed E-state index contributed by atoms with van der Waals surface area (Å²) in [7, 11) is 1.69. The maximum Gasteiger partial charge on any atom is 0.253 e. The lowest BCUT2D eigenvalue weighted by molar-refractivity contribution is 0.0773. The Morgan fingerprint density at radius 1 is 1.00 bits per heavy atom. The number of carbonyl (C=O) groups is 1. The van der Waals surface area contributed by atoms with E-state index >= 15 is 0 Å². The van der Waals surface area contributed by atoms with E-state index in [0.29, 0.717) is 25.2 Å². The molecule has 6 nitrogen and oxygen atoms in total. The summed E-state index contributed by atoms with van der Waals surface area (Å²) in [6.45, 7) is 9.55. The van der Waals surface area contributed by atoms with Gasteiger partial charge in [-0.2, -0.15) is 0 Å². The van der Waals surface area contributed by atoms with Crippen molar-refractivity contribution in [1.29, 1.82) is 0 Å². The molecule has 0 aromatic heterocycles. The summed E-state index contributed by atoms with van der Waals surface area (Å²) in [5, 5.41) is 6.65. The van der Waals surface area contributed by atoms with Crippen LogP contribution in [0, 0.1) is 0 Å². The van der Waals surface area contributed by atoms with E-state index < -0.39 is 0 Å². The molecule has 162 valence electrons. The highest BCUT2D eigenvalue weighted by molar-refractivity contribution is 5.94. The third-order valence-electron chi connectivity index (χ3n) is 4.89. The minimum Gasteiger partial charge on any atom is -0.496 e. The lowest BCUT2D eigenvalue weighted by Crippen LogP contribution is -2.38. The lowest BCUT2D eigenvalue weighted by Gasteiger charge is -2.18. The van der Waals surface area contributed by atoms with E-state index in [9.17, 15) is 4.79 Å². The normalized spacial score (nSPS) is 11.1. The number of para-hydroxylation sites is 1. The van der Waals surface area contributed by atoms with Crippen molar-refractivity contribution in [3.05, 3.63) is 65.2 Å². The van der Waals surface area contributed by atoms with Crippen molar-refractivity contribution in [1.82, 2.24) is 15.5 Å². The van der Waals surface area contributed by atoms with Crippen molar-refractivity contribution in [2.45, 2.75) is 33.7 Å². The number of nitrogens with one attached hydrogen (secondary N) is 2. The summed E-state index contributed by atoms with van der Waals surface area (Å²) in [5.41, 5.74) is 2.94. The summed E-state index contributed by atoms with van der Waals surface area (Å²) in [4.78, 5) is 18.9. The summed E-state index contributed by atoms with van der Waals surface area (Å²) in [6.07, 6.45) is 0.844. The predicted molar refractivity (Wildman–Crippen MR) is 123 cm³/mol. The number of ether oxygens (including phenoxy) is 1. The molecule has 2 aromatic carbocycles. The second-order valence-corrected chi connectivity index (χ2v) is 6.86. The van der Waals surface area contributed by atoms with Gasteiger partial charge in [-0.1, -0.05) is 30.3 Å². The number of guanidine groups is 1. The van der Waals surface area contributed by atoms with Crippen LogP contribution in [0.5, 0.6) is 5.75 Å². The monoisotopic (exact) mass is 410 g/mol. The Morgan fingerprint density at radius 2 is 1.70 bits per heavy atom. The number of benzene rings is 2. The van der Waals surface area contributed by atoms with Crippen LogP contribution in [-0.4, -0.2) is 50.1 Å². The van der Waals surface area contributed by atoms with Crippen molar-refractivity contribution in [2.75, 3.05) is 33.3 Å². The van der Waals surface area contributed by atoms with Gasteiger partial charge in [0.05, 0.1) is 13.7 Å². The van der Waals surface area contributed by atoms with Gasteiger partial charge >= 0.3 is 0 Å². The molecule has 0 spiro atoms. The molecule has 2 aromatic rings. The molecule has 0 unspecified atom stereocenters. The summed E-state index contributed by atoms with van der Waals surface area (Å²) in [5.74, 6) is 1.75. The van der Waals surface area contributed by atoms with Crippen LogP contribution in [-0.2, 0) is 13.0 Å². The van der Waals surface area contributed by atoms with E-state index in [1.807, 2.05) is 68.1 Å².